The van der Waals surface area contributed by atoms with Crippen LogP contribution in [0.1, 0.15) is 48.8 Å². The molecule has 0 spiro atoms. The van der Waals surface area contributed by atoms with Crippen molar-refractivity contribution < 1.29 is 13.2 Å². The maximum Gasteiger partial charge on any atom is 0.243 e. The Kier molecular flexibility index (Phi) is 5.33. The number of hydrogen-bond acceptors (Lipinski definition) is 5. The Hall–Kier alpha value is -2.71. The van der Waals surface area contributed by atoms with Gasteiger partial charge in [0.2, 0.25) is 10.0 Å². The molecule has 3 heterocycles. The zero-order valence-electron chi connectivity index (χ0n) is 19.4. The SMILES string of the molecule is CCc1cc2c3c([nH]c2cc1S(=O)(=O)N1CCN(c2ccccn2)CC1)CC(C)(C)CC3=O. The van der Waals surface area contributed by atoms with Crippen molar-refractivity contribution in [2.75, 3.05) is 31.1 Å². The van der Waals surface area contributed by atoms with Crippen LogP contribution in [0.15, 0.2) is 41.4 Å². The maximum atomic E-state index is 13.7. The minimum atomic E-state index is -3.66. The molecular formula is C25H30N4O3S. The van der Waals surface area contributed by atoms with Crippen LogP contribution in [-0.4, -0.2) is 54.7 Å². The number of rotatable bonds is 4. The first-order chi connectivity index (χ1) is 15.7. The predicted octanol–water partition coefficient (Wildman–Crippen LogP) is 3.79. The van der Waals surface area contributed by atoms with Crippen molar-refractivity contribution >= 4 is 32.5 Å². The van der Waals surface area contributed by atoms with Crippen molar-refractivity contribution in [3.63, 3.8) is 0 Å². The Morgan fingerprint density at radius 2 is 1.85 bits per heavy atom. The van der Waals surface area contributed by atoms with E-state index in [4.69, 9.17) is 0 Å². The second-order valence-electron chi connectivity index (χ2n) is 9.86. The molecule has 33 heavy (non-hydrogen) atoms. The summed E-state index contributed by atoms with van der Waals surface area (Å²) in [5, 5.41) is 0.848. The number of pyridine rings is 1. The van der Waals surface area contributed by atoms with Gasteiger partial charge in [0.15, 0.2) is 5.78 Å². The van der Waals surface area contributed by atoms with Gasteiger partial charge in [0.05, 0.1) is 4.90 Å². The Balaban J connectivity index is 1.48. The molecule has 1 N–H and O–H groups in total. The summed E-state index contributed by atoms with van der Waals surface area (Å²) in [6, 6.07) is 9.42. The lowest BCUT2D eigenvalue weighted by Gasteiger charge is -2.35. The molecule has 8 heteroatoms. The van der Waals surface area contributed by atoms with Gasteiger partial charge in [-0.3, -0.25) is 4.79 Å². The summed E-state index contributed by atoms with van der Waals surface area (Å²) in [7, 11) is -3.66. The van der Waals surface area contributed by atoms with Crippen molar-refractivity contribution in [2.45, 2.75) is 44.9 Å². The number of H-pyrrole nitrogens is 1. The van der Waals surface area contributed by atoms with E-state index in [0.717, 1.165) is 40.0 Å². The average Bonchev–Trinajstić information content (AvgIpc) is 3.15. The summed E-state index contributed by atoms with van der Waals surface area (Å²) in [6.45, 7) is 8.17. The molecule has 0 atom stereocenters. The molecule has 1 aliphatic carbocycles. The highest BCUT2D eigenvalue weighted by atomic mass is 32.2. The van der Waals surface area contributed by atoms with E-state index in [2.05, 4.69) is 28.7 Å². The zero-order chi connectivity index (χ0) is 23.4. The fraction of sp³-hybridized carbons (Fsp3) is 0.440. The molecule has 2 aliphatic rings. The van der Waals surface area contributed by atoms with Crippen LogP contribution in [0.25, 0.3) is 10.9 Å². The van der Waals surface area contributed by atoms with Crippen molar-refractivity contribution in [1.29, 1.82) is 0 Å². The molecule has 0 unspecified atom stereocenters. The first-order valence-corrected chi connectivity index (χ1v) is 13.0. The van der Waals surface area contributed by atoms with Crippen molar-refractivity contribution in [3.8, 4) is 0 Å². The van der Waals surface area contributed by atoms with Crippen LogP contribution >= 0.6 is 0 Å². The number of sulfonamides is 1. The van der Waals surface area contributed by atoms with E-state index in [9.17, 15) is 13.2 Å². The fourth-order valence-electron chi connectivity index (χ4n) is 5.19. The molecule has 3 aromatic rings. The number of nitrogens with one attached hydrogen (secondary N) is 1. The molecular weight excluding hydrogens is 436 g/mol. The molecule has 7 nitrogen and oxygen atoms in total. The summed E-state index contributed by atoms with van der Waals surface area (Å²) in [6.07, 6.45) is 3.62. The third-order valence-corrected chi connectivity index (χ3v) is 8.82. The van der Waals surface area contributed by atoms with Gasteiger partial charge in [-0.15, -0.1) is 0 Å². The number of hydrogen-bond donors (Lipinski definition) is 1. The van der Waals surface area contributed by atoms with Crippen LogP contribution in [0.2, 0.25) is 0 Å². The monoisotopic (exact) mass is 466 g/mol. The number of ketones is 1. The second-order valence-corrected chi connectivity index (χ2v) is 11.8. The van der Waals surface area contributed by atoms with E-state index in [1.54, 1.807) is 16.6 Å². The van der Waals surface area contributed by atoms with E-state index >= 15 is 0 Å². The summed E-state index contributed by atoms with van der Waals surface area (Å²) < 4.78 is 28.9. The third kappa shape index (κ3) is 3.85. The van der Waals surface area contributed by atoms with Gasteiger partial charge in [-0.2, -0.15) is 4.31 Å². The molecule has 5 rings (SSSR count). The smallest absolute Gasteiger partial charge is 0.243 e. The molecule has 1 aromatic carbocycles. The number of aromatic nitrogens is 2. The minimum Gasteiger partial charge on any atom is -0.358 e. The van der Waals surface area contributed by atoms with E-state index in [1.165, 1.54) is 0 Å². The number of carbonyl (C=O) groups is 1. The molecule has 2 aromatic heterocycles. The minimum absolute atomic E-state index is 0.0965. The van der Waals surface area contributed by atoms with Gasteiger partial charge < -0.3 is 9.88 Å². The second kappa shape index (κ2) is 7.95. The fourth-order valence-corrected chi connectivity index (χ4v) is 6.92. The van der Waals surface area contributed by atoms with Gasteiger partial charge in [-0.05, 0) is 48.1 Å². The van der Waals surface area contributed by atoms with Gasteiger partial charge in [-0.25, -0.2) is 13.4 Å². The Morgan fingerprint density at radius 1 is 1.09 bits per heavy atom. The molecule has 1 aliphatic heterocycles. The lowest BCUT2D eigenvalue weighted by molar-refractivity contribution is 0.0913. The number of Topliss-reactive ketones (excluding diaryl/α,β-unsaturated/α-hetero) is 1. The number of aryl methyl sites for hydroxylation is 1. The van der Waals surface area contributed by atoms with Gasteiger partial charge in [0, 0.05) is 61.0 Å². The highest BCUT2D eigenvalue weighted by Crippen LogP contribution is 2.39. The third-order valence-electron chi connectivity index (χ3n) is 6.84. The molecule has 1 fully saturated rings. The van der Waals surface area contributed by atoms with Gasteiger partial charge in [-0.1, -0.05) is 26.8 Å². The summed E-state index contributed by atoms with van der Waals surface area (Å²) in [5.41, 5.74) is 3.06. The zero-order valence-corrected chi connectivity index (χ0v) is 20.2. The number of anilines is 1. The summed E-state index contributed by atoms with van der Waals surface area (Å²) in [5.74, 6) is 1.01. The number of benzene rings is 1. The maximum absolute atomic E-state index is 13.7. The number of aromatic amines is 1. The average molecular weight is 467 g/mol. The van der Waals surface area contributed by atoms with E-state index in [1.807, 2.05) is 31.2 Å². The predicted molar refractivity (Wildman–Crippen MR) is 129 cm³/mol. The number of nitrogens with zero attached hydrogens (tertiary/aromatic N) is 3. The van der Waals surface area contributed by atoms with Crippen LogP contribution < -0.4 is 4.90 Å². The van der Waals surface area contributed by atoms with E-state index in [0.29, 0.717) is 43.9 Å². The molecule has 0 saturated carbocycles. The first-order valence-electron chi connectivity index (χ1n) is 11.6. The molecule has 0 bridgehead atoms. The Morgan fingerprint density at radius 3 is 2.52 bits per heavy atom. The molecule has 174 valence electrons. The van der Waals surface area contributed by atoms with Gasteiger partial charge in [0.1, 0.15) is 5.82 Å². The quantitative estimate of drug-likeness (QED) is 0.632. The molecule has 0 radical (unpaired) electrons. The highest BCUT2D eigenvalue weighted by Gasteiger charge is 2.35. The Labute approximate surface area is 194 Å². The molecule has 0 amide bonds. The summed E-state index contributed by atoms with van der Waals surface area (Å²) >= 11 is 0. The van der Waals surface area contributed by atoms with Crippen LogP contribution in [0.4, 0.5) is 5.82 Å². The number of carbonyl (C=O) groups excluding carboxylic acids is 1. The standard InChI is InChI=1S/C25H30N4O3S/c1-4-17-13-18-19(27-20-15-25(2,3)16-21(30)24(18)20)14-22(17)33(31,32)29-11-9-28(10-12-29)23-7-5-6-8-26-23/h5-8,13-14,27H,4,9-12,15-16H2,1-3H3. The van der Waals surface area contributed by atoms with Crippen molar-refractivity contribution in [2.24, 2.45) is 5.41 Å². The van der Waals surface area contributed by atoms with Gasteiger partial charge >= 0.3 is 0 Å². The highest BCUT2D eigenvalue weighted by molar-refractivity contribution is 7.89. The van der Waals surface area contributed by atoms with Crippen LogP contribution in [0, 0.1) is 5.41 Å². The van der Waals surface area contributed by atoms with Crippen LogP contribution in [0.3, 0.4) is 0 Å². The normalized spacial score (nSPS) is 19.1. The topological polar surface area (TPSA) is 86.4 Å². The van der Waals surface area contributed by atoms with Crippen molar-refractivity contribution in [3.05, 3.63) is 53.3 Å². The van der Waals surface area contributed by atoms with E-state index in [-0.39, 0.29) is 11.2 Å². The van der Waals surface area contributed by atoms with Crippen LogP contribution in [-0.2, 0) is 22.9 Å². The lowest BCUT2D eigenvalue weighted by Crippen LogP contribution is -2.49. The Bertz CT molecular complexity index is 1320. The first kappa shape index (κ1) is 22.1. The van der Waals surface area contributed by atoms with E-state index < -0.39 is 10.0 Å². The van der Waals surface area contributed by atoms with Gasteiger partial charge in [0.25, 0.3) is 0 Å². The number of fused-ring (bicyclic) bond motifs is 3. The summed E-state index contributed by atoms with van der Waals surface area (Å²) in [4.78, 5) is 23.1. The lowest BCUT2D eigenvalue weighted by atomic mass is 9.76. The van der Waals surface area contributed by atoms with Crippen molar-refractivity contribution in [1.82, 2.24) is 14.3 Å². The molecule has 1 saturated heterocycles. The largest absolute Gasteiger partial charge is 0.358 e. The van der Waals surface area contributed by atoms with Crippen LogP contribution in [0.5, 0.6) is 0 Å². The number of piperazine rings is 1.